The molecule has 0 fully saturated rings. The lowest BCUT2D eigenvalue weighted by molar-refractivity contribution is 0.536. The summed E-state index contributed by atoms with van der Waals surface area (Å²) in [5.74, 6) is 1.13. The van der Waals surface area contributed by atoms with E-state index in [0.717, 1.165) is 25.1 Å². The lowest BCUT2D eigenvalue weighted by atomic mass is 9.99. The highest BCUT2D eigenvalue weighted by atomic mass is 32.1. The van der Waals surface area contributed by atoms with Crippen molar-refractivity contribution in [3.8, 4) is 11.5 Å². The Hall–Kier alpha value is -0.805. The molecule has 0 bridgehead atoms. The Balaban J connectivity index is 2.50. The molecule has 0 unspecified atom stereocenters. The van der Waals surface area contributed by atoms with Gasteiger partial charge in [-0.1, -0.05) is 6.07 Å². The fourth-order valence-electron chi connectivity index (χ4n) is 1.70. The van der Waals surface area contributed by atoms with Gasteiger partial charge in [0, 0.05) is 25.0 Å². The number of thiol groups is 1. The SMILES string of the molecule is [B]Oc1ccc2c(c1OS)CNCC2. The van der Waals surface area contributed by atoms with Gasteiger partial charge in [0.2, 0.25) is 0 Å². The molecule has 2 rings (SSSR count). The minimum atomic E-state index is 0.516. The molecule has 0 spiro atoms. The maximum Gasteiger partial charge on any atom is 0.374 e. The van der Waals surface area contributed by atoms with Gasteiger partial charge in [-0.05, 0) is 24.6 Å². The van der Waals surface area contributed by atoms with Gasteiger partial charge in [0.15, 0.2) is 5.75 Å². The molecule has 14 heavy (non-hydrogen) atoms. The summed E-state index contributed by atoms with van der Waals surface area (Å²) in [7, 11) is 5.12. The first-order valence-corrected chi connectivity index (χ1v) is 4.77. The minimum absolute atomic E-state index is 0.516. The molecule has 72 valence electrons. The van der Waals surface area contributed by atoms with Crippen molar-refractivity contribution in [2.24, 2.45) is 0 Å². The van der Waals surface area contributed by atoms with E-state index in [9.17, 15) is 0 Å². The molecule has 3 nitrogen and oxygen atoms in total. The zero-order valence-electron chi connectivity index (χ0n) is 7.62. The number of benzene rings is 1. The van der Waals surface area contributed by atoms with Crippen LogP contribution in [0.2, 0.25) is 0 Å². The van der Waals surface area contributed by atoms with E-state index >= 15 is 0 Å². The molecular formula is C9H10BNO2S. The van der Waals surface area contributed by atoms with E-state index in [1.54, 1.807) is 6.07 Å². The molecule has 1 aromatic rings. The number of nitrogens with one attached hydrogen (secondary N) is 1. The third-order valence-electron chi connectivity index (χ3n) is 2.41. The summed E-state index contributed by atoms with van der Waals surface area (Å²) in [6, 6.07) is 3.81. The van der Waals surface area contributed by atoms with Crippen LogP contribution in [0.4, 0.5) is 0 Å². The molecule has 0 atom stereocenters. The van der Waals surface area contributed by atoms with Crippen LogP contribution in [0.1, 0.15) is 11.1 Å². The summed E-state index contributed by atoms with van der Waals surface area (Å²) in [5.41, 5.74) is 2.34. The maximum absolute atomic E-state index is 5.12. The topological polar surface area (TPSA) is 30.5 Å². The molecule has 1 heterocycles. The van der Waals surface area contributed by atoms with Crippen molar-refractivity contribution in [1.82, 2.24) is 5.32 Å². The van der Waals surface area contributed by atoms with E-state index in [1.807, 2.05) is 6.07 Å². The Labute approximate surface area is 89.8 Å². The van der Waals surface area contributed by atoms with Crippen LogP contribution in [-0.4, -0.2) is 14.6 Å². The molecule has 1 aliphatic heterocycles. The first-order valence-electron chi connectivity index (χ1n) is 4.40. The van der Waals surface area contributed by atoms with E-state index in [2.05, 4.69) is 18.2 Å². The second kappa shape index (κ2) is 4.15. The monoisotopic (exact) mass is 207 g/mol. The second-order valence-corrected chi connectivity index (χ2v) is 3.35. The van der Waals surface area contributed by atoms with Crippen molar-refractivity contribution in [1.29, 1.82) is 0 Å². The quantitative estimate of drug-likeness (QED) is 0.431. The molecule has 0 amide bonds. The van der Waals surface area contributed by atoms with Crippen LogP contribution in [-0.2, 0) is 13.0 Å². The predicted molar refractivity (Wildman–Crippen MR) is 57.8 cm³/mol. The highest BCUT2D eigenvalue weighted by Crippen LogP contribution is 2.35. The molecule has 0 saturated carbocycles. The number of fused-ring (bicyclic) bond motifs is 1. The van der Waals surface area contributed by atoms with Crippen molar-refractivity contribution < 1.29 is 8.84 Å². The van der Waals surface area contributed by atoms with E-state index in [-0.39, 0.29) is 0 Å². The molecule has 5 heteroatoms. The maximum atomic E-state index is 5.12. The van der Waals surface area contributed by atoms with Gasteiger partial charge >= 0.3 is 8.05 Å². The van der Waals surface area contributed by atoms with Crippen molar-refractivity contribution in [3.05, 3.63) is 23.3 Å². The zero-order valence-corrected chi connectivity index (χ0v) is 8.51. The highest BCUT2D eigenvalue weighted by molar-refractivity contribution is 7.75. The minimum Gasteiger partial charge on any atom is -0.565 e. The smallest absolute Gasteiger partial charge is 0.374 e. The number of rotatable bonds is 2. The Bertz CT molecular complexity index is 331. The Kier molecular flexibility index (Phi) is 2.89. The molecule has 1 aliphatic rings. The van der Waals surface area contributed by atoms with Crippen LogP contribution < -0.4 is 14.2 Å². The van der Waals surface area contributed by atoms with Crippen LogP contribution in [0.3, 0.4) is 0 Å². The van der Waals surface area contributed by atoms with Gasteiger partial charge in [-0.2, -0.15) is 0 Å². The van der Waals surface area contributed by atoms with E-state index in [0.29, 0.717) is 11.5 Å². The summed E-state index contributed by atoms with van der Waals surface area (Å²) in [6.45, 7) is 1.75. The predicted octanol–water partition coefficient (Wildman–Crippen LogP) is 1.02. The van der Waals surface area contributed by atoms with Gasteiger partial charge in [0.05, 0.1) is 0 Å². The van der Waals surface area contributed by atoms with Crippen LogP contribution in [0.5, 0.6) is 11.5 Å². The van der Waals surface area contributed by atoms with Gasteiger partial charge in [-0.15, -0.1) is 0 Å². The van der Waals surface area contributed by atoms with Gasteiger partial charge in [0.25, 0.3) is 0 Å². The van der Waals surface area contributed by atoms with Crippen molar-refractivity contribution in [3.63, 3.8) is 0 Å². The third kappa shape index (κ3) is 1.57. The van der Waals surface area contributed by atoms with Gasteiger partial charge in [-0.3, -0.25) is 0 Å². The van der Waals surface area contributed by atoms with E-state index < -0.39 is 0 Å². The molecule has 2 radical (unpaired) electrons. The average molecular weight is 207 g/mol. The lowest BCUT2D eigenvalue weighted by Crippen LogP contribution is -2.24. The summed E-state index contributed by atoms with van der Waals surface area (Å²) in [6.07, 6.45) is 0.990. The standard InChI is InChI=1S/C9H10BNO2S/c10-12-8-2-1-6-3-4-11-5-7(6)9(8)13-14/h1-2,11,14H,3-5H2. The Morgan fingerprint density at radius 3 is 3.00 bits per heavy atom. The van der Waals surface area contributed by atoms with Crippen molar-refractivity contribution in [2.75, 3.05) is 6.54 Å². The summed E-state index contributed by atoms with van der Waals surface area (Å²) < 4.78 is 9.68. The summed E-state index contributed by atoms with van der Waals surface area (Å²) in [5, 5.41) is 3.26. The second-order valence-electron chi connectivity index (χ2n) is 3.17. The Morgan fingerprint density at radius 2 is 2.29 bits per heavy atom. The molecular weight excluding hydrogens is 197 g/mol. The molecule has 0 aromatic heterocycles. The van der Waals surface area contributed by atoms with Gasteiger partial charge < -0.3 is 14.2 Å². The Morgan fingerprint density at radius 1 is 1.43 bits per heavy atom. The van der Waals surface area contributed by atoms with Crippen molar-refractivity contribution in [2.45, 2.75) is 13.0 Å². The highest BCUT2D eigenvalue weighted by Gasteiger charge is 2.17. The van der Waals surface area contributed by atoms with E-state index in [4.69, 9.17) is 16.9 Å². The third-order valence-corrected chi connectivity index (χ3v) is 2.60. The zero-order chi connectivity index (χ0) is 9.97. The average Bonchev–Trinajstić information content (AvgIpc) is 2.27. The van der Waals surface area contributed by atoms with E-state index in [1.165, 1.54) is 5.56 Å². The van der Waals surface area contributed by atoms with Crippen LogP contribution >= 0.6 is 12.9 Å². The van der Waals surface area contributed by atoms with Crippen LogP contribution in [0.25, 0.3) is 0 Å². The fraction of sp³-hybridized carbons (Fsp3) is 0.333. The molecule has 1 aromatic carbocycles. The normalized spacial score (nSPS) is 14.6. The fourth-order valence-corrected chi connectivity index (χ4v) is 1.90. The first kappa shape index (κ1) is 9.74. The van der Waals surface area contributed by atoms with Gasteiger partial charge in [-0.25, -0.2) is 0 Å². The lowest BCUT2D eigenvalue weighted by Gasteiger charge is -2.20. The molecule has 1 N–H and O–H groups in total. The number of hydrogen-bond acceptors (Lipinski definition) is 4. The first-order chi connectivity index (χ1) is 6.86. The number of hydrogen-bond donors (Lipinski definition) is 2. The largest absolute Gasteiger partial charge is 0.565 e. The van der Waals surface area contributed by atoms with Gasteiger partial charge in [0.1, 0.15) is 5.75 Å². The van der Waals surface area contributed by atoms with Crippen molar-refractivity contribution >= 4 is 21.0 Å². The summed E-state index contributed by atoms with van der Waals surface area (Å²) in [4.78, 5) is 0. The van der Waals surface area contributed by atoms with Crippen LogP contribution in [0.15, 0.2) is 12.1 Å². The summed E-state index contributed by atoms with van der Waals surface area (Å²) >= 11 is 3.80. The van der Waals surface area contributed by atoms with Crippen LogP contribution in [0, 0.1) is 0 Å². The molecule has 0 saturated heterocycles. The molecule has 0 aliphatic carbocycles.